The lowest BCUT2D eigenvalue weighted by atomic mass is 9.96. The molecule has 1 rings (SSSR count). The minimum atomic E-state index is -0.769. The smallest absolute Gasteiger partial charge is 0.0932 e. The summed E-state index contributed by atoms with van der Waals surface area (Å²) in [4.78, 5) is 4.33. The molecule has 1 aromatic rings. The maximum atomic E-state index is 10.1. The number of hydrogen-bond donors (Lipinski definition) is 1. The molecule has 0 aromatic carbocycles. The number of methoxy groups -OCH3 is 1. The van der Waals surface area contributed by atoms with E-state index < -0.39 is 5.60 Å². The molecule has 0 spiro atoms. The van der Waals surface area contributed by atoms with Crippen LogP contribution in [0.1, 0.15) is 24.0 Å². The van der Waals surface area contributed by atoms with E-state index in [0.29, 0.717) is 19.4 Å². The van der Waals surface area contributed by atoms with Crippen LogP contribution in [-0.2, 0) is 11.2 Å². The van der Waals surface area contributed by atoms with Gasteiger partial charge in [-0.3, -0.25) is 0 Å². The molecule has 1 unspecified atom stereocenters. The van der Waals surface area contributed by atoms with Crippen LogP contribution in [0, 0.1) is 6.92 Å². The van der Waals surface area contributed by atoms with Crippen LogP contribution in [0.4, 0.5) is 0 Å². The van der Waals surface area contributed by atoms with Gasteiger partial charge in [0.2, 0.25) is 0 Å². The quantitative estimate of drug-likeness (QED) is 0.814. The molecule has 14 heavy (non-hydrogen) atoms. The zero-order valence-electron chi connectivity index (χ0n) is 8.91. The van der Waals surface area contributed by atoms with Crippen LogP contribution in [0.15, 0.2) is 5.38 Å². The van der Waals surface area contributed by atoms with Crippen molar-refractivity contribution in [1.82, 2.24) is 4.98 Å². The summed E-state index contributed by atoms with van der Waals surface area (Å²) < 4.78 is 5.00. The number of nitrogens with zero attached hydrogens (tertiary/aromatic N) is 1. The highest BCUT2D eigenvalue weighted by atomic mass is 32.1. The topological polar surface area (TPSA) is 42.4 Å². The first-order valence-corrected chi connectivity index (χ1v) is 5.60. The van der Waals surface area contributed by atoms with Crippen LogP contribution < -0.4 is 0 Å². The van der Waals surface area contributed by atoms with E-state index in [4.69, 9.17) is 4.74 Å². The fraction of sp³-hybridized carbons (Fsp3) is 0.700. The fourth-order valence-electron chi connectivity index (χ4n) is 1.37. The van der Waals surface area contributed by atoms with Crippen LogP contribution in [0.3, 0.4) is 0 Å². The van der Waals surface area contributed by atoms with Crippen LogP contribution in [-0.4, -0.2) is 29.4 Å². The van der Waals surface area contributed by atoms with E-state index in [0.717, 1.165) is 10.7 Å². The lowest BCUT2D eigenvalue weighted by Crippen LogP contribution is -2.36. The normalized spacial score (nSPS) is 15.4. The summed E-state index contributed by atoms with van der Waals surface area (Å²) in [6.45, 7) is 4.29. The summed E-state index contributed by atoms with van der Waals surface area (Å²) in [5.41, 5.74) is 0.184. The van der Waals surface area contributed by atoms with Crippen LogP contribution in [0.25, 0.3) is 0 Å². The number of hydrogen-bond acceptors (Lipinski definition) is 4. The van der Waals surface area contributed by atoms with Crippen molar-refractivity contribution in [3.63, 3.8) is 0 Å². The molecule has 80 valence electrons. The molecule has 0 aliphatic heterocycles. The molecule has 0 saturated heterocycles. The summed E-state index contributed by atoms with van der Waals surface area (Å²) in [6.07, 6.45) is 1.25. The molecule has 0 amide bonds. The Morgan fingerprint density at radius 2 is 2.36 bits per heavy atom. The van der Waals surface area contributed by atoms with Gasteiger partial charge in [-0.05, 0) is 13.3 Å². The number of thiazole rings is 1. The Morgan fingerprint density at radius 1 is 1.64 bits per heavy atom. The maximum absolute atomic E-state index is 10.1. The molecule has 1 N–H and O–H groups in total. The first-order chi connectivity index (χ1) is 6.59. The number of aliphatic hydroxyl groups is 1. The van der Waals surface area contributed by atoms with Crippen molar-refractivity contribution >= 4 is 11.3 Å². The molecular formula is C10H17NO2S. The minimum absolute atomic E-state index is 0.361. The average molecular weight is 215 g/mol. The van der Waals surface area contributed by atoms with Gasteiger partial charge in [-0.1, -0.05) is 6.92 Å². The van der Waals surface area contributed by atoms with Gasteiger partial charge in [0.15, 0.2) is 0 Å². The Morgan fingerprint density at radius 3 is 2.79 bits per heavy atom. The van der Waals surface area contributed by atoms with Crippen LogP contribution in [0.2, 0.25) is 0 Å². The third-order valence-corrected chi connectivity index (χ3v) is 3.07. The number of ether oxygens (including phenoxy) is 1. The zero-order valence-corrected chi connectivity index (χ0v) is 9.73. The van der Waals surface area contributed by atoms with Gasteiger partial charge in [-0.2, -0.15) is 0 Å². The maximum Gasteiger partial charge on any atom is 0.0932 e. The molecule has 0 bridgehead atoms. The Kier molecular flexibility index (Phi) is 4.04. The van der Waals surface area contributed by atoms with Gasteiger partial charge in [-0.15, -0.1) is 11.3 Å². The Labute approximate surface area is 88.8 Å². The monoisotopic (exact) mass is 215 g/mol. The highest BCUT2D eigenvalue weighted by molar-refractivity contribution is 7.09. The van der Waals surface area contributed by atoms with Crippen molar-refractivity contribution in [2.24, 2.45) is 0 Å². The summed E-state index contributed by atoms with van der Waals surface area (Å²) in [5.74, 6) is 0. The third kappa shape index (κ3) is 3.04. The van der Waals surface area contributed by atoms with Gasteiger partial charge in [0.05, 0.1) is 22.9 Å². The van der Waals surface area contributed by atoms with Gasteiger partial charge in [-0.25, -0.2) is 4.98 Å². The first-order valence-electron chi connectivity index (χ1n) is 4.72. The molecule has 4 heteroatoms. The highest BCUT2D eigenvalue weighted by Gasteiger charge is 2.25. The van der Waals surface area contributed by atoms with Crippen LogP contribution in [0.5, 0.6) is 0 Å². The molecule has 0 radical (unpaired) electrons. The molecule has 3 nitrogen and oxygen atoms in total. The van der Waals surface area contributed by atoms with E-state index in [9.17, 15) is 5.11 Å². The van der Waals surface area contributed by atoms with Crippen molar-refractivity contribution in [3.05, 3.63) is 16.1 Å². The molecule has 0 fully saturated rings. The number of rotatable bonds is 5. The van der Waals surface area contributed by atoms with Crippen molar-refractivity contribution in [1.29, 1.82) is 0 Å². The van der Waals surface area contributed by atoms with Crippen LogP contribution >= 0.6 is 11.3 Å². The lowest BCUT2D eigenvalue weighted by molar-refractivity contribution is -0.0338. The van der Waals surface area contributed by atoms with E-state index in [1.165, 1.54) is 0 Å². The van der Waals surface area contributed by atoms with Crippen molar-refractivity contribution in [2.75, 3.05) is 13.7 Å². The second kappa shape index (κ2) is 4.87. The van der Waals surface area contributed by atoms with Crippen molar-refractivity contribution in [2.45, 2.75) is 32.3 Å². The van der Waals surface area contributed by atoms with Gasteiger partial charge in [0.1, 0.15) is 0 Å². The predicted molar refractivity (Wildman–Crippen MR) is 57.7 cm³/mol. The summed E-state index contributed by atoms with van der Waals surface area (Å²) in [5, 5.41) is 13.2. The third-order valence-electron chi connectivity index (χ3n) is 2.25. The van der Waals surface area contributed by atoms with E-state index >= 15 is 0 Å². The fourth-order valence-corrected chi connectivity index (χ4v) is 1.99. The Hall–Kier alpha value is -0.450. The Bertz CT molecular complexity index is 287. The van der Waals surface area contributed by atoms with E-state index in [-0.39, 0.29) is 0 Å². The van der Waals surface area contributed by atoms with E-state index in [1.807, 2.05) is 19.2 Å². The Balaban J connectivity index is 2.64. The zero-order chi connectivity index (χ0) is 10.6. The van der Waals surface area contributed by atoms with Gasteiger partial charge < -0.3 is 9.84 Å². The predicted octanol–water partition coefficient (Wildman–Crippen LogP) is 1.78. The molecule has 1 atom stereocenters. The molecule has 1 aromatic heterocycles. The largest absolute Gasteiger partial charge is 0.387 e. The standard InChI is InChI=1S/C10H17NO2S/c1-4-10(12,7-13-3)5-9-6-14-8(2)11-9/h6,12H,4-5,7H2,1-3H3. The summed E-state index contributed by atoms with van der Waals surface area (Å²) in [6, 6.07) is 0. The highest BCUT2D eigenvalue weighted by Crippen LogP contribution is 2.19. The van der Waals surface area contributed by atoms with Crippen molar-refractivity contribution in [3.8, 4) is 0 Å². The van der Waals surface area contributed by atoms with Gasteiger partial charge in [0, 0.05) is 18.9 Å². The average Bonchev–Trinajstić information content (AvgIpc) is 2.51. The molecule has 0 saturated carbocycles. The van der Waals surface area contributed by atoms with Gasteiger partial charge in [0.25, 0.3) is 0 Å². The second-order valence-electron chi connectivity index (χ2n) is 3.55. The number of aromatic nitrogens is 1. The molecular weight excluding hydrogens is 198 g/mol. The minimum Gasteiger partial charge on any atom is -0.387 e. The van der Waals surface area contributed by atoms with Crippen molar-refractivity contribution < 1.29 is 9.84 Å². The van der Waals surface area contributed by atoms with E-state index in [2.05, 4.69) is 4.98 Å². The SMILES string of the molecule is CCC(O)(COC)Cc1csc(C)n1. The molecule has 1 heterocycles. The first kappa shape index (κ1) is 11.6. The molecule has 0 aliphatic carbocycles. The van der Waals surface area contributed by atoms with Gasteiger partial charge >= 0.3 is 0 Å². The number of aryl methyl sites for hydroxylation is 1. The molecule has 0 aliphatic rings. The lowest BCUT2D eigenvalue weighted by Gasteiger charge is -2.24. The summed E-state index contributed by atoms with van der Waals surface area (Å²) >= 11 is 1.61. The summed E-state index contributed by atoms with van der Waals surface area (Å²) in [7, 11) is 1.60. The second-order valence-corrected chi connectivity index (χ2v) is 4.61. The van der Waals surface area contributed by atoms with E-state index in [1.54, 1.807) is 18.4 Å².